The van der Waals surface area contributed by atoms with Crippen molar-refractivity contribution in [2.45, 2.75) is 26.3 Å². The highest BCUT2D eigenvalue weighted by Crippen LogP contribution is 2.34. The standard InChI is InChI=1S/C19H20N2O4S/c1-12-10-16-11-15(6-9-18(16)21(12)26(3,24)25)19(23)20-17-7-4-14(5-8-17)13(2)22/h4-9,11-12H,10H2,1-3H3,(H,20,23)/t12-/m1/s1. The summed E-state index contributed by atoms with van der Waals surface area (Å²) in [7, 11) is -3.35. The summed E-state index contributed by atoms with van der Waals surface area (Å²) in [6.07, 6.45) is 1.75. The van der Waals surface area contributed by atoms with Crippen LogP contribution in [0.5, 0.6) is 0 Å². The third-order valence-electron chi connectivity index (χ3n) is 4.40. The van der Waals surface area contributed by atoms with E-state index in [1.165, 1.54) is 17.5 Å². The van der Waals surface area contributed by atoms with Gasteiger partial charge in [-0.2, -0.15) is 0 Å². The maximum absolute atomic E-state index is 12.5. The number of carbonyl (C=O) groups is 2. The minimum absolute atomic E-state index is 0.0361. The minimum Gasteiger partial charge on any atom is -0.322 e. The highest BCUT2D eigenvalue weighted by molar-refractivity contribution is 7.92. The number of anilines is 2. The van der Waals surface area contributed by atoms with Crippen molar-refractivity contribution in [3.05, 3.63) is 59.2 Å². The van der Waals surface area contributed by atoms with Gasteiger partial charge in [0, 0.05) is 22.9 Å². The number of rotatable bonds is 4. The van der Waals surface area contributed by atoms with Crippen LogP contribution in [-0.2, 0) is 16.4 Å². The van der Waals surface area contributed by atoms with Gasteiger partial charge in [-0.05, 0) is 68.3 Å². The second-order valence-corrected chi connectivity index (χ2v) is 8.40. The van der Waals surface area contributed by atoms with E-state index in [0.29, 0.717) is 28.9 Å². The van der Waals surface area contributed by atoms with E-state index < -0.39 is 10.0 Å². The summed E-state index contributed by atoms with van der Waals surface area (Å²) in [6, 6.07) is 11.5. The van der Waals surface area contributed by atoms with E-state index in [4.69, 9.17) is 0 Å². The number of hydrogen-bond donors (Lipinski definition) is 1. The summed E-state index contributed by atoms with van der Waals surface area (Å²) in [5, 5.41) is 2.79. The Balaban J connectivity index is 1.82. The molecule has 1 N–H and O–H groups in total. The molecule has 3 rings (SSSR count). The Kier molecular flexibility index (Phi) is 4.58. The summed E-state index contributed by atoms with van der Waals surface area (Å²) in [6.45, 7) is 3.33. The lowest BCUT2D eigenvalue weighted by molar-refractivity contribution is 0.101. The lowest BCUT2D eigenvalue weighted by atomic mass is 10.1. The van der Waals surface area contributed by atoms with Gasteiger partial charge in [0.15, 0.2) is 5.78 Å². The Morgan fingerprint density at radius 3 is 2.27 bits per heavy atom. The monoisotopic (exact) mass is 372 g/mol. The average molecular weight is 372 g/mol. The van der Waals surface area contributed by atoms with E-state index in [2.05, 4.69) is 5.32 Å². The van der Waals surface area contributed by atoms with Gasteiger partial charge < -0.3 is 5.32 Å². The number of nitrogens with zero attached hydrogens (tertiary/aromatic N) is 1. The van der Waals surface area contributed by atoms with Crippen molar-refractivity contribution < 1.29 is 18.0 Å². The van der Waals surface area contributed by atoms with Crippen molar-refractivity contribution in [1.29, 1.82) is 0 Å². The second-order valence-electron chi connectivity index (χ2n) is 6.54. The first-order chi connectivity index (χ1) is 12.2. The highest BCUT2D eigenvalue weighted by atomic mass is 32.2. The van der Waals surface area contributed by atoms with Crippen LogP contribution in [0, 0.1) is 0 Å². The molecule has 0 saturated carbocycles. The summed E-state index contributed by atoms with van der Waals surface area (Å²) < 4.78 is 25.3. The van der Waals surface area contributed by atoms with Crippen LogP contribution >= 0.6 is 0 Å². The summed E-state index contributed by atoms with van der Waals surface area (Å²) >= 11 is 0. The molecule has 0 bridgehead atoms. The lowest BCUT2D eigenvalue weighted by Crippen LogP contribution is -2.34. The first-order valence-corrected chi connectivity index (χ1v) is 10.1. The molecule has 2 aromatic rings. The van der Waals surface area contributed by atoms with E-state index in [9.17, 15) is 18.0 Å². The van der Waals surface area contributed by atoms with Crippen LogP contribution in [0.2, 0.25) is 0 Å². The molecule has 1 aliphatic heterocycles. The third-order valence-corrected chi connectivity index (χ3v) is 5.67. The van der Waals surface area contributed by atoms with Crippen molar-refractivity contribution >= 4 is 33.1 Å². The molecule has 0 unspecified atom stereocenters. The molecule has 7 heteroatoms. The van der Waals surface area contributed by atoms with E-state index in [-0.39, 0.29) is 17.7 Å². The minimum atomic E-state index is -3.35. The normalized spacial score (nSPS) is 16.3. The maximum atomic E-state index is 12.5. The van der Waals surface area contributed by atoms with Crippen LogP contribution in [0.25, 0.3) is 0 Å². The Morgan fingerprint density at radius 2 is 1.69 bits per heavy atom. The number of carbonyl (C=O) groups excluding carboxylic acids is 2. The van der Waals surface area contributed by atoms with E-state index in [1.54, 1.807) is 42.5 Å². The largest absolute Gasteiger partial charge is 0.322 e. The second kappa shape index (κ2) is 6.57. The Hall–Kier alpha value is -2.67. The molecule has 0 saturated heterocycles. The van der Waals surface area contributed by atoms with Gasteiger partial charge in [-0.1, -0.05) is 0 Å². The predicted molar refractivity (Wildman–Crippen MR) is 101 cm³/mol. The van der Waals surface area contributed by atoms with E-state index in [1.807, 2.05) is 6.92 Å². The molecule has 26 heavy (non-hydrogen) atoms. The molecule has 2 aromatic carbocycles. The topological polar surface area (TPSA) is 83.6 Å². The molecule has 6 nitrogen and oxygen atoms in total. The van der Waals surface area contributed by atoms with Crippen LogP contribution in [0.4, 0.5) is 11.4 Å². The number of benzene rings is 2. The van der Waals surface area contributed by atoms with Gasteiger partial charge in [-0.15, -0.1) is 0 Å². The first kappa shape index (κ1) is 18.1. The van der Waals surface area contributed by atoms with E-state index in [0.717, 1.165) is 5.56 Å². The SMILES string of the molecule is CC(=O)c1ccc(NC(=O)c2ccc3c(c2)C[C@@H](C)N3S(C)(=O)=O)cc1. The fourth-order valence-electron chi connectivity index (χ4n) is 3.24. The van der Waals surface area contributed by atoms with Gasteiger partial charge in [0.2, 0.25) is 10.0 Å². The molecule has 1 aliphatic rings. The molecule has 1 amide bonds. The molecule has 136 valence electrons. The Morgan fingerprint density at radius 1 is 1.08 bits per heavy atom. The number of Topliss-reactive ketones (excluding diaryl/α,β-unsaturated/α-hetero) is 1. The van der Waals surface area contributed by atoms with Crippen LogP contribution in [0.15, 0.2) is 42.5 Å². The van der Waals surface area contributed by atoms with Crippen LogP contribution in [0.1, 0.15) is 40.1 Å². The van der Waals surface area contributed by atoms with Gasteiger partial charge >= 0.3 is 0 Å². The summed E-state index contributed by atoms with van der Waals surface area (Å²) in [5.74, 6) is -0.320. The number of sulfonamides is 1. The predicted octanol–water partition coefficient (Wildman–Crippen LogP) is 2.85. The first-order valence-electron chi connectivity index (χ1n) is 8.21. The maximum Gasteiger partial charge on any atom is 0.255 e. The van der Waals surface area contributed by atoms with Gasteiger partial charge in [0.1, 0.15) is 0 Å². The smallest absolute Gasteiger partial charge is 0.255 e. The number of fused-ring (bicyclic) bond motifs is 1. The molecule has 0 aliphatic carbocycles. The van der Waals surface area contributed by atoms with Crippen molar-refractivity contribution in [2.75, 3.05) is 15.9 Å². The molecular weight excluding hydrogens is 352 g/mol. The molecule has 0 aromatic heterocycles. The van der Waals surface area contributed by atoms with Crippen molar-refractivity contribution in [3.63, 3.8) is 0 Å². The third kappa shape index (κ3) is 3.48. The van der Waals surface area contributed by atoms with Gasteiger partial charge in [0.05, 0.1) is 11.9 Å². The Bertz CT molecular complexity index is 981. The zero-order valence-corrected chi connectivity index (χ0v) is 15.6. The number of nitrogens with one attached hydrogen (secondary N) is 1. The van der Waals surface area contributed by atoms with Crippen molar-refractivity contribution in [1.82, 2.24) is 0 Å². The number of ketones is 1. The van der Waals surface area contributed by atoms with Crippen LogP contribution in [-0.4, -0.2) is 32.4 Å². The van der Waals surface area contributed by atoms with Gasteiger partial charge in [-0.25, -0.2) is 8.42 Å². The molecule has 0 fully saturated rings. The quantitative estimate of drug-likeness (QED) is 0.837. The summed E-state index contributed by atoms with van der Waals surface area (Å²) in [4.78, 5) is 23.8. The average Bonchev–Trinajstić information content (AvgIpc) is 2.90. The summed E-state index contributed by atoms with van der Waals surface area (Å²) in [5.41, 5.74) is 3.09. The van der Waals surface area contributed by atoms with Crippen LogP contribution in [0.3, 0.4) is 0 Å². The van der Waals surface area contributed by atoms with Gasteiger partial charge in [0.25, 0.3) is 5.91 Å². The van der Waals surface area contributed by atoms with Gasteiger partial charge in [-0.3, -0.25) is 13.9 Å². The fraction of sp³-hybridized carbons (Fsp3) is 0.263. The molecule has 0 radical (unpaired) electrons. The number of amides is 1. The van der Waals surface area contributed by atoms with Crippen molar-refractivity contribution in [2.24, 2.45) is 0 Å². The highest BCUT2D eigenvalue weighted by Gasteiger charge is 2.32. The molecular formula is C19H20N2O4S. The van der Waals surface area contributed by atoms with Crippen LogP contribution < -0.4 is 9.62 Å². The fourth-order valence-corrected chi connectivity index (χ4v) is 4.50. The zero-order valence-electron chi connectivity index (χ0n) is 14.8. The van der Waals surface area contributed by atoms with Crippen molar-refractivity contribution in [3.8, 4) is 0 Å². The number of hydrogen-bond acceptors (Lipinski definition) is 4. The lowest BCUT2D eigenvalue weighted by Gasteiger charge is -2.21. The van der Waals surface area contributed by atoms with E-state index >= 15 is 0 Å². The molecule has 1 atom stereocenters. The molecule has 1 heterocycles. The Labute approximate surface area is 152 Å². The molecule has 0 spiro atoms. The zero-order chi connectivity index (χ0) is 19.1.